The molecular formula is C33H57BO2. The van der Waals surface area contributed by atoms with Crippen molar-refractivity contribution in [2.24, 2.45) is 46.3 Å². The molecule has 0 aromatic rings. The van der Waals surface area contributed by atoms with Gasteiger partial charge in [0.2, 0.25) is 0 Å². The van der Waals surface area contributed by atoms with E-state index in [1.807, 2.05) is 0 Å². The van der Waals surface area contributed by atoms with Crippen molar-refractivity contribution >= 4 is 7.12 Å². The monoisotopic (exact) mass is 496 g/mol. The van der Waals surface area contributed by atoms with E-state index >= 15 is 0 Å². The highest BCUT2D eigenvalue weighted by molar-refractivity contribution is 6.47. The zero-order valence-corrected chi connectivity index (χ0v) is 25.3. The molecule has 3 heteroatoms. The Kier molecular flexibility index (Phi) is 7.15. The van der Waals surface area contributed by atoms with Gasteiger partial charge < -0.3 is 9.31 Å². The third-order valence-corrected chi connectivity index (χ3v) is 13.0. The normalized spacial score (nSPS) is 44.1. The maximum Gasteiger partial charge on any atom is 0.461 e. The van der Waals surface area contributed by atoms with Crippen molar-refractivity contribution in [3.8, 4) is 0 Å². The van der Waals surface area contributed by atoms with Crippen LogP contribution in [0.4, 0.5) is 0 Å². The Balaban J connectivity index is 1.28. The molecule has 1 unspecified atom stereocenters. The van der Waals surface area contributed by atoms with Gasteiger partial charge in [0.15, 0.2) is 0 Å². The highest BCUT2D eigenvalue weighted by Crippen LogP contribution is 2.68. The van der Waals surface area contributed by atoms with E-state index in [0.29, 0.717) is 16.6 Å². The van der Waals surface area contributed by atoms with Crippen LogP contribution in [0, 0.1) is 46.3 Å². The summed E-state index contributed by atoms with van der Waals surface area (Å²) in [5.74, 6) is 5.97. The minimum absolute atomic E-state index is 0.0411. The Morgan fingerprint density at radius 2 is 1.56 bits per heavy atom. The van der Waals surface area contributed by atoms with Gasteiger partial charge in [-0.25, -0.2) is 0 Å². The minimum atomic E-state index is -0.219. The molecule has 0 aromatic carbocycles. The molecule has 36 heavy (non-hydrogen) atoms. The van der Waals surface area contributed by atoms with Gasteiger partial charge in [0.25, 0.3) is 0 Å². The van der Waals surface area contributed by atoms with Crippen molar-refractivity contribution in [3.63, 3.8) is 0 Å². The highest BCUT2D eigenvalue weighted by atomic mass is 16.7. The van der Waals surface area contributed by atoms with Crippen molar-refractivity contribution < 1.29 is 9.31 Å². The van der Waals surface area contributed by atoms with E-state index in [0.717, 1.165) is 35.5 Å². The van der Waals surface area contributed by atoms with Crippen LogP contribution in [0.5, 0.6) is 0 Å². The lowest BCUT2D eigenvalue weighted by molar-refractivity contribution is -0.0504. The predicted octanol–water partition coefficient (Wildman–Crippen LogP) is 9.49. The molecule has 3 saturated carbocycles. The van der Waals surface area contributed by atoms with Crippen LogP contribution < -0.4 is 0 Å². The van der Waals surface area contributed by atoms with Gasteiger partial charge in [0.05, 0.1) is 11.2 Å². The Bertz CT molecular complexity index is 829. The maximum absolute atomic E-state index is 6.52. The molecule has 5 aliphatic rings. The van der Waals surface area contributed by atoms with Gasteiger partial charge in [-0.05, 0) is 125 Å². The van der Waals surface area contributed by atoms with E-state index in [4.69, 9.17) is 9.31 Å². The summed E-state index contributed by atoms with van der Waals surface area (Å²) in [5, 5.41) is 0. The van der Waals surface area contributed by atoms with Gasteiger partial charge in [-0.1, -0.05) is 72.0 Å². The first-order valence-electron chi connectivity index (χ1n) is 15.8. The van der Waals surface area contributed by atoms with Gasteiger partial charge >= 0.3 is 7.12 Å². The zero-order valence-electron chi connectivity index (χ0n) is 25.3. The first-order chi connectivity index (χ1) is 16.8. The second-order valence-corrected chi connectivity index (χ2v) is 15.9. The van der Waals surface area contributed by atoms with Crippen LogP contribution in [0.3, 0.4) is 0 Å². The molecule has 0 aromatic heterocycles. The lowest BCUT2D eigenvalue weighted by Crippen LogP contribution is -2.50. The maximum atomic E-state index is 6.52. The molecule has 0 bridgehead atoms. The van der Waals surface area contributed by atoms with Crippen LogP contribution in [0.15, 0.2) is 11.6 Å². The average molecular weight is 497 g/mol. The topological polar surface area (TPSA) is 18.5 Å². The average Bonchev–Trinajstić information content (AvgIpc) is 3.25. The van der Waals surface area contributed by atoms with Crippen LogP contribution in [0.2, 0.25) is 5.82 Å². The van der Waals surface area contributed by atoms with Gasteiger partial charge in [0.1, 0.15) is 0 Å². The summed E-state index contributed by atoms with van der Waals surface area (Å²) >= 11 is 0. The third kappa shape index (κ3) is 4.39. The summed E-state index contributed by atoms with van der Waals surface area (Å²) in [7, 11) is -0.0411. The minimum Gasteiger partial charge on any atom is -0.403 e. The molecule has 8 atom stereocenters. The van der Waals surface area contributed by atoms with Crippen molar-refractivity contribution in [3.05, 3.63) is 11.6 Å². The van der Waals surface area contributed by atoms with E-state index in [1.165, 1.54) is 70.6 Å². The summed E-state index contributed by atoms with van der Waals surface area (Å²) in [6.07, 6.45) is 18.0. The van der Waals surface area contributed by atoms with Crippen molar-refractivity contribution in [2.75, 3.05) is 0 Å². The van der Waals surface area contributed by atoms with Crippen LogP contribution >= 0.6 is 0 Å². The molecule has 1 aliphatic heterocycles. The fourth-order valence-corrected chi connectivity index (χ4v) is 10.0. The molecule has 0 amide bonds. The van der Waals surface area contributed by atoms with Gasteiger partial charge in [-0.2, -0.15) is 0 Å². The third-order valence-electron chi connectivity index (χ3n) is 13.0. The van der Waals surface area contributed by atoms with Crippen molar-refractivity contribution in [2.45, 2.75) is 150 Å². The van der Waals surface area contributed by atoms with E-state index in [9.17, 15) is 0 Å². The molecule has 204 valence electrons. The fraction of sp³-hybridized carbons (Fsp3) is 0.939. The van der Waals surface area contributed by atoms with Crippen LogP contribution in [-0.2, 0) is 9.31 Å². The number of fused-ring (bicyclic) bond motifs is 5. The predicted molar refractivity (Wildman–Crippen MR) is 153 cm³/mol. The summed E-state index contributed by atoms with van der Waals surface area (Å²) in [4.78, 5) is 0. The lowest BCUT2D eigenvalue weighted by atomic mass is 9.45. The summed E-state index contributed by atoms with van der Waals surface area (Å²) in [5.41, 5.74) is 2.31. The molecule has 2 nitrogen and oxygen atoms in total. The Labute approximate surface area is 224 Å². The molecule has 1 saturated heterocycles. The summed E-state index contributed by atoms with van der Waals surface area (Å²) in [6.45, 7) is 21.5. The number of hydrogen-bond acceptors (Lipinski definition) is 2. The van der Waals surface area contributed by atoms with E-state index in [1.54, 1.807) is 5.57 Å². The molecular weight excluding hydrogens is 439 g/mol. The molecule has 0 N–H and O–H groups in total. The molecule has 5 rings (SSSR count). The summed E-state index contributed by atoms with van der Waals surface area (Å²) in [6, 6.07) is 0. The van der Waals surface area contributed by atoms with Gasteiger partial charge in [-0.3, -0.25) is 0 Å². The summed E-state index contributed by atoms with van der Waals surface area (Å²) < 4.78 is 13.0. The number of allylic oxidation sites excluding steroid dienone is 2. The van der Waals surface area contributed by atoms with Crippen LogP contribution in [-0.4, -0.2) is 18.3 Å². The second-order valence-electron chi connectivity index (χ2n) is 15.9. The molecule has 4 fully saturated rings. The van der Waals surface area contributed by atoms with E-state index < -0.39 is 0 Å². The first kappa shape index (κ1) is 27.3. The van der Waals surface area contributed by atoms with Crippen LogP contribution in [0.1, 0.15) is 133 Å². The smallest absolute Gasteiger partial charge is 0.403 e. The molecule has 1 heterocycles. The van der Waals surface area contributed by atoms with E-state index in [2.05, 4.69) is 68.4 Å². The quantitative estimate of drug-likeness (QED) is 0.269. The first-order valence-corrected chi connectivity index (χ1v) is 15.8. The standard InChI is InChI=1S/C33H57BO2/c1-22(2)11-10-12-23(3)27-15-16-28-26-14-13-24-21-25(34-35-30(4,5)31(6,7)36-34)17-19-32(24,8)29(26)18-20-33(27,28)9/h13,22-23,25-29H,10-12,14-21H2,1-9H3/t23-,25?,26+,27-,28+,29+,32+,33-/m1/s1. The number of hydrogen-bond donors (Lipinski definition) is 0. The Morgan fingerprint density at radius 1 is 0.861 bits per heavy atom. The van der Waals surface area contributed by atoms with E-state index in [-0.39, 0.29) is 18.3 Å². The lowest BCUT2D eigenvalue weighted by Gasteiger charge is -2.58. The molecule has 4 aliphatic carbocycles. The zero-order chi connectivity index (χ0) is 26.1. The number of rotatable bonds is 6. The Morgan fingerprint density at radius 3 is 2.22 bits per heavy atom. The van der Waals surface area contributed by atoms with Crippen molar-refractivity contribution in [1.29, 1.82) is 0 Å². The van der Waals surface area contributed by atoms with Crippen molar-refractivity contribution in [1.82, 2.24) is 0 Å². The molecule has 0 radical (unpaired) electrons. The van der Waals surface area contributed by atoms with Crippen LogP contribution in [0.25, 0.3) is 0 Å². The fourth-order valence-electron chi connectivity index (χ4n) is 10.0. The Hall–Kier alpha value is -0.275. The SMILES string of the molecule is CC(C)CCC[C@@H](C)[C@H]1CC[C@H]2[C@@H]3CC=C4CC(B5OC(C)(C)C(C)(C)O5)CC[C@]4(C)[C@H]3CC[C@]12C. The molecule has 0 spiro atoms. The second kappa shape index (κ2) is 9.43. The van der Waals surface area contributed by atoms with Gasteiger partial charge in [0, 0.05) is 0 Å². The van der Waals surface area contributed by atoms with Gasteiger partial charge in [-0.15, -0.1) is 0 Å². The highest BCUT2D eigenvalue weighted by Gasteiger charge is 2.61. The largest absolute Gasteiger partial charge is 0.461 e.